The summed E-state index contributed by atoms with van der Waals surface area (Å²) < 4.78 is 20.3. The fourth-order valence-corrected chi connectivity index (χ4v) is 3.16. The molecule has 3 heterocycles. The van der Waals surface area contributed by atoms with Gasteiger partial charge in [-0.2, -0.15) is 0 Å². The summed E-state index contributed by atoms with van der Waals surface area (Å²) in [5.74, 6) is -0.600. The first kappa shape index (κ1) is 21.6. The predicted octanol–water partition coefficient (Wildman–Crippen LogP) is 3.21. The number of ether oxygens (including phenoxy) is 2. The van der Waals surface area contributed by atoms with Gasteiger partial charge in [0.05, 0.1) is 26.3 Å². The lowest BCUT2D eigenvalue weighted by atomic mass is 10.1. The third-order valence-electron chi connectivity index (χ3n) is 4.83. The van der Waals surface area contributed by atoms with Crippen LogP contribution in [0.3, 0.4) is 0 Å². The molecule has 1 aliphatic rings. The Morgan fingerprint density at radius 3 is 2.36 bits per heavy atom. The Kier molecular flexibility index (Phi) is 5.81. The van der Waals surface area contributed by atoms with Gasteiger partial charge in [-0.25, -0.2) is 14.4 Å². The first-order valence-electron chi connectivity index (χ1n) is 9.69. The zero-order valence-corrected chi connectivity index (χ0v) is 17.6. The van der Waals surface area contributed by atoms with Gasteiger partial charge in [-0.15, -0.1) is 0 Å². The van der Waals surface area contributed by atoms with Crippen molar-refractivity contribution in [2.45, 2.75) is 6.54 Å². The highest BCUT2D eigenvalue weighted by molar-refractivity contribution is 6.13. The van der Waals surface area contributed by atoms with Gasteiger partial charge in [0.2, 0.25) is 5.76 Å². The van der Waals surface area contributed by atoms with Gasteiger partial charge in [0.1, 0.15) is 23.0 Å². The number of hydrogen-bond acceptors (Lipinski definition) is 8. The molecule has 10 heteroatoms. The number of methoxy groups -OCH3 is 2. The van der Waals surface area contributed by atoms with Crippen LogP contribution in [0.5, 0.6) is 0 Å². The smallest absolute Gasteiger partial charge is 0.373 e. The van der Waals surface area contributed by atoms with Crippen molar-refractivity contribution in [3.05, 3.63) is 77.1 Å². The van der Waals surface area contributed by atoms with Crippen LogP contribution in [0.25, 0.3) is 17.4 Å². The van der Waals surface area contributed by atoms with Gasteiger partial charge < -0.3 is 23.6 Å². The standard InChI is InChI=1S/C23H18N2O8/c1-30-21(27)14-5-3-13(4-6-14)18-9-7-15(32-18)11-17-20(26)25(23(29)24-17)12-16-8-10-19(33-16)22(28)31-2/h3-11H,12H2,1-2H3,(H,24,29)/b17-11-. The summed E-state index contributed by atoms with van der Waals surface area (Å²) in [4.78, 5) is 49.0. The van der Waals surface area contributed by atoms with Gasteiger partial charge >= 0.3 is 18.0 Å². The first-order chi connectivity index (χ1) is 15.9. The number of esters is 2. The largest absolute Gasteiger partial charge is 0.465 e. The van der Waals surface area contributed by atoms with E-state index in [1.165, 1.54) is 32.4 Å². The van der Waals surface area contributed by atoms with E-state index < -0.39 is 23.9 Å². The maximum atomic E-state index is 12.7. The number of carbonyl (C=O) groups excluding carboxylic acids is 4. The molecule has 1 saturated heterocycles. The van der Waals surface area contributed by atoms with Crippen LogP contribution in [-0.2, 0) is 20.8 Å². The molecule has 4 rings (SSSR count). The molecule has 3 amide bonds. The van der Waals surface area contributed by atoms with E-state index in [-0.39, 0.29) is 23.8 Å². The minimum atomic E-state index is -0.660. The van der Waals surface area contributed by atoms with E-state index in [1.54, 1.807) is 36.4 Å². The molecular weight excluding hydrogens is 432 g/mol. The van der Waals surface area contributed by atoms with Crippen LogP contribution in [0.2, 0.25) is 0 Å². The topological polar surface area (TPSA) is 128 Å². The van der Waals surface area contributed by atoms with Crippen molar-refractivity contribution in [1.82, 2.24) is 10.2 Å². The van der Waals surface area contributed by atoms with E-state index >= 15 is 0 Å². The maximum absolute atomic E-state index is 12.7. The summed E-state index contributed by atoms with van der Waals surface area (Å²) in [6.45, 7) is -0.158. The monoisotopic (exact) mass is 450 g/mol. The van der Waals surface area contributed by atoms with E-state index in [9.17, 15) is 19.2 Å². The van der Waals surface area contributed by atoms with Crippen molar-refractivity contribution in [2.24, 2.45) is 0 Å². The summed E-state index contributed by atoms with van der Waals surface area (Å²) in [5.41, 5.74) is 1.15. The minimum Gasteiger partial charge on any atom is -0.465 e. The van der Waals surface area contributed by atoms with Crippen molar-refractivity contribution >= 4 is 30.0 Å². The number of benzene rings is 1. The molecule has 0 unspecified atom stereocenters. The summed E-state index contributed by atoms with van der Waals surface area (Å²) in [5, 5.41) is 2.49. The molecule has 0 bridgehead atoms. The molecule has 10 nitrogen and oxygen atoms in total. The molecule has 0 radical (unpaired) electrons. The lowest BCUT2D eigenvalue weighted by Gasteiger charge is -2.09. The van der Waals surface area contributed by atoms with Crippen LogP contribution in [0.1, 0.15) is 32.4 Å². The summed E-state index contributed by atoms with van der Waals surface area (Å²) in [6, 6.07) is 12.2. The minimum absolute atomic E-state index is 0.0293. The molecule has 1 aliphatic heterocycles. The highest BCUT2D eigenvalue weighted by Gasteiger charge is 2.34. The van der Waals surface area contributed by atoms with Crippen LogP contribution in [-0.4, -0.2) is 43.0 Å². The number of nitrogens with zero attached hydrogens (tertiary/aromatic N) is 1. The van der Waals surface area contributed by atoms with Crippen LogP contribution in [0.4, 0.5) is 4.79 Å². The molecule has 168 valence electrons. The van der Waals surface area contributed by atoms with Crippen molar-refractivity contribution in [2.75, 3.05) is 14.2 Å². The molecule has 0 aliphatic carbocycles. The lowest BCUT2D eigenvalue weighted by Crippen LogP contribution is -2.30. The van der Waals surface area contributed by atoms with E-state index in [0.29, 0.717) is 17.1 Å². The third-order valence-corrected chi connectivity index (χ3v) is 4.83. The second kappa shape index (κ2) is 8.87. The Morgan fingerprint density at radius 2 is 1.67 bits per heavy atom. The molecule has 1 N–H and O–H groups in total. The Hall–Kier alpha value is -4.60. The van der Waals surface area contributed by atoms with Crippen LogP contribution in [0, 0.1) is 0 Å². The number of furan rings is 2. The fraction of sp³-hybridized carbons (Fsp3) is 0.130. The molecule has 3 aromatic rings. The zero-order valence-electron chi connectivity index (χ0n) is 17.6. The maximum Gasteiger partial charge on any atom is 0.373 e. The van der Waals surface area contributed by atoms with Gasteiger partial charge in [0.25, 0.3) is 5.91 Å². The van der Waals surface area contributed by atoms with Gasteiger partial charge in [-0.05, 0) is 36.4 Å². The van der Waals surface area contributed by atoms with Crippen molar-refractivity contribution in [3.8, 4) is 11.3 Å². The van der Waals surface area contributed by atoms with E-state index in [1.807, 2.05) is 0 Å². The Bertz CT molecular complexity index is 1270. The van der Waals surface area contributed by atoms with Crippen LogP contribution >= 0.6 is 0 Å². The molecule has 1 aromatic carbocycles. The number of urea groups is 1. The number of hydrogen-bond donors (Lipinski definition) is 1. The molecular formula is C23H18N2O8. The molecule has 33 heavy (non-hydrogen) atoms. The van der Waals surface area contributed by atoms with Gasteiger partial charge in [0, 0.05) is 11.6 Å². The normalized spacial score (nSPS) is 14.5. The average Bonchev–Trinajstić information content (AvgIpc) is 3.55. The second-order valence-corrected chi connectivity index (χ2v) is 6.91. The Labute approximate surface area is 187 Å². The van der Waals surface area contributed by atoms with E-state index in [0.717, 1.165) is 10.5 Å². The average molecular weight is 450 g/mol. The summed E-state index contributed by atoms with van der Waals surface area (Å²) in [7, 11) is 2.53. The van der Waals surface area contributed by atoms with Gasteiger partial charge in [0.15, 0.2) is 0 Å². The fourth-order valence-electron chi connectivity index (χ4n) is 3.16. The lowest BCUT2D eigenvalue weighted by molar-refractivity contribution is -0.123. The van der Waals surface area contributed by atoms with E-state index in [2.05, 4.69) is 14.8 Å². The number of nitrogens with one attached hydrogen (secondary N) is 1. The van der Waals surface area contributed by atoms with Crippen molar-refractivity contribution in [1.29, 1.82) is 0 Å². The molecule has 0 spiro atoms. The molecule has 2 aromatic heterocycles. The van der Waals surface area contributed by atoms with Crippen LogP contribution in [0.15, 0.2) is 63.1 Å². The van der Waals surface area contributed by atoms with Gasteiger partial charge in [-0.3, -0.25) is 9.69 Å². The first-order valence-corrected chi connectivity index (χ1v) is 9.69. The number of rotatable bonds is 6. The Morgan fingerprint density at radius 1 is 0.939 bits per heavy atom. The summed E-state index contributed by atoms with van der Waals surface area (Å²) in [6.07, 6.45) is 1.41. The SMILES string of the molecule is COC(=O)c1ccc(-c2ccc(/C=C3\NC(=O)N(Cc4ccc(C(=O)OC)o4)C3=O)o2)cc1. The third kappa shape index (κ3) is 4.40. The number of amides is 3. The molecule has 0 atom stereocenters. The highest BCUT2D eigenvalue weighted by atomic mass is 16.5. The number of imide groups is 1. The van der Waals surface area contributed by atoms with E-state index in [4.69, 9.17) is 8.83 Å². The molecule has 1 fully saturated rings. The highest BCUT2D eigenvalue weighted by Crippen LogP contribution is 2.25. The summed E-state index contributed by atoms with van der Waals surface area (Å²) >= 11 is 0. The van der Waals surface area contributed by atoms with Gasteiger partial charge in [-0.1, -0.05) is 12.1 Å². The second-order valence-electron chi connectivity index (χ2n) is 6.91. The Balaban J connectivity index is 1.48. The predicted molar refractivity (Wildman–Crippen MR) is 113 cm³/mol. The van der Waals surface area contributed by atoms with Crippen LogP contribution < -0.4 is 5.32 Å². The van der Waals surface area contributed by atoms with Crippen molar-refractivity contribution < 1.29 is 37.5 Å². The quantitative estimate of drug-likeness (QED) is 0.344. The molecule has 0 saturated carbocycles. The van der Waals surface area contributed by atoms with Crippen molar-refractivity contribution in [3.63, 3.8) is 0 Å². The number of carbonyl (C=O) groups is 4. The zero-order chi connectivity index (χ0) is 23.5.